The Balaban J connectivity index is 1.22. The zero-order valence-electron chi connectivity index (χ0n) is 32.4. The van der Waals surface area contributed by atoms with E-state index in [4.69, 9.17) is 9.97 Å². The lowest BCUT2D eigenvalue weighted by Crippen LogP contribution is -2.02. The Morgan fingerprint density at radius 3 is 1.13 bits per heavy atom. The van der Waals surface area contributed by atoms with Crippen molar-refractivity contribution in [3.8, 4) is 33.9 Å². The number of aromatic nitrogens is 4. The van der Waals surface area contributed by atoms with E-state index in [2.05, 4.69) is 215 Å². The van der Waals surface area contributed by atoms with Gasteiger partial charge in [-0.3, -0.25) is 0 Å². The number of nitrogens with zero attached hydrogens (tertiary/aromatic N) is 4. The van der Waals surface area contributed by atoms with Crippen LogP contribution < -0.4 is 0 Å². The second kappa shape index (κ2) is 12.7. The van der Waals surface area contributed by atoms with Crippen LogP contribution in [0.3, 0.4) is 0 Å². The van der Waals surface area contributed by atoms with Gasteiger partial charge in [-0.05, 0) is 64.0 Å². The van der Waals surface area contributed by atoms with Crippen LogP contribution in [0.25, 0.3) is 121 Å². The number of hydrogen-bond acceptors (Lipinski definition) is 2. The number of hydrogen-bond donors (Lipinski definition) is 0. The average Bonchev–Trinajstić information content (AvgIpc) is 3.84. The summed E-state index contributed by atoms with van der Waals surface area (Å²) in [5.74, 6) is 0. The van der Waals surface area contributed by atoms with Gasteiger partial charge in [-0.25, -0.2) is 9.97 Å². The molecular formula is C56H34N4. The van der Waals surface area contributed by atoms with Crippen molar-refractivity contribution in [1.29, 1.82) is 0 Å². The first-order valence-electron chi connectivity index (χ1n) is 20.5. The maximum Gasteiger partial charge on any atom is 0.0979 e. The molecule has 3 heterocycles. The van der Waals surface area contributed by atoms with Crippen LogP contribution in [-0.4, -0.2) is 19.1 Å². The molecule has 0 aliphatic carbocycles. The Morgan fingerprint density at radius 2 is 0.650 bits per heavy atom. The van der Waals surface area contributed by atoms with Crippen molar-refractivity contribution < 1.29 is 0 Å². The third-order valence-electron chi connectivity index (χ3n) is 12.4. The molecule has 3 aromatic heterocycles. The molecule has 278 valence electrons. The maximum atomic E-state index is 5.82. The van der Waals surface area contributed by atoms with Crippen LogP contribution in [0.15, 0.2) is 206 Å². The molecule has 60 heavy (non-hydrogen) atoms. The molecule has 0 saturated heterocycles. The minimum Gasteiger partial charge on any atom is -0.309 e. The summed E-state index contributed by atoms with van der Waals surface area (Å²) in [6.07, 6.45) is 0. The molecule has 0 fully saturated rings. The summed E-state index contributed by atoms with van der Waals surface area (Å²) in [6, 6.07) is 74.3. The Kier molecular flexibility index (Phi) is 6.98. The molecular weight excluding hydrogens is 729 g/mol. The van der Waals surface area contributed by atoms with Crippen molar-refractivity contribution in [3.63, 3.8) is 0 Å². The van der Waals surface area contributed by atoms with Gasteiger partial charge in [0.05, 0.1) is 44.5 Å². The largest absolute Gasteiger partial charge is 0.309 e. The lowest BCUT2D eigenvalue weighted by Gasteiger charge is -2.18. The number of para-hydroxylation sites is 4. The maximum absolute atomic E-state index is 5.82. The van der Waals surface area contributed by atoms with Crippen LogP contribution in [0.1, 0.15) is 0 Å². The standard InChI is InChI=1S/C56H34N4/c1-2-18-39-35(16-1)17-15-27-46(39)54-53(57-55-47-25-5-3-19-40(47)41-20-4-6-26-48(41)56(55)58-54)36-32-37(59-49-28-11-7-21-42(49)43-22-8-12-29-50(43)59)34-38(33-36)60-51-30-13-9-23-44(51)45-24-10-14-31-52(45)60/h1-34H. The number of benzene rings is 10. The highest BCUT2D eigenvalue weighted by molar-refractivity contribution is 6.24. The highest BCUT2D eigenvalue weighted by Gasteiger charge is 2.22. The van der Waals surface area contributed by atoms with Crippen LogP contribution in [0.2, 0.25) is 0 Å². The molecule has 0 spiro atoms. The van der Waals surface area contributed by atoms with Crippen molar-refractivity contribution >= 4 is 87.0 Å². The fraction of sp³-hybridized carbons (Fsp3) is 0. The van der Waals surface area contributed by atoms with Crippen molar-refractivity contribution in [2.75, 3.05) is 0 Å². The lowest BCUT2D eigenvalue weighted by atomic mass is 9.95. The first kappa shape index (κ1) is 32.9. The van der Waals surface area contributed by atoms with E-state index in [9.17, 15) is 0 Å². The highest BCUT2D eigenvalue weighted by Crippen LogP contribution is 2.43. The Hall–Kier alpha value is -8.08. The van der Waals surface area contributed by atoms with Crippen molar-refractivity contribution in [2.24, 2.45) is 0 Å². The minimum absolute atomic E-state index is 0.837. The van der Waals surface area contributed by atoms with Crippen LogP contribution in [0.4, 0.5) is 0 Å². The molecule has 13 rings (SSSR count). The molecule has 0 bridgehead atoms. The third kappa shape index (κ3) is 4.73. The van der Waals surface area contributed by atoms with Crippen molar-refractivity contribution in [1.82, 2.24) is 19.1 Å². The molecule has 0 radical (unpaired) electrons. The first-order chi connectivity index (χ1) is 29.8. The van der Waals surface area contributed by atoms with Gasteiger partial charge in [0.25, 0.3) is 0 Å². The summed E-state index contributed by atoms with van der Waals surface area (Å²) in [5.41, 5.74) is 12.2. The van der Waals surface area contributed by atoms with E-state index in [1.807, 2.05) is 0 Å². The molecule has 0 saturated carbocycles. The SMILES string of the molecule is c1ccc2c(-c3nc4c5ccccc5c5ccccc5c4nc3-c3cc(-n4c5ccccc5c5ccccc54)cc(-n4c5ccccc5c5ccccc54)c3)cccc2c1. The van der Waals surface area contributed by atoms with Gasteiger partial charge >= 0.3 is 0 Å². The van der Waals surface area contributed by atoms with E-state index in [1.165, 1.54) is 32.3 Å². The molecule has 13 aromatic rings. The Morgan fingerprint density at radius 1 is 0.283 bits per heavy atom. The molecule has 0 amide bonds. The predicted octanol–water partition coefficient (Wildman–Crippen LogP) is 14.6. The molecule has 4 heteroatoms. The van der Waals surface area contributed by atoms with E-state index in [1.54, 1.807) is 0 Å². The lowest BCUT2D eigenvalue weighted by molar-refractivity contribution is 1.13. The summed E-state index contributed by atoms with van der Waals surface area (Å²) < 4.78 is 4.83. The molecule has 0 aliphatic heterocycles. The minimum atomic E-state index is 0.837. The summed E-state index contributed by atoms with van der Waals surface area (Å²) in [5, 5.41) is 11.7. The predicted molar refractivity (Wildman–Crippen MR) is 252 cm³/mol. The third-order valence-corrected chi connectivity index (χ3v) is 12.4. The van der Waals surface area contributed by atoms with Gasteiger partial charge in [-0.1, -0.05) is 164 Å². The normalized spacial score (nSPS) is 12.0. The average molecular weight is 763 g/mol. The van der Waals surface area contributed by atoms with Gasteiger partial charge in [0.1, 0.15) is 0 Å². The summed E-state index contributed by atoms with van der Waals surface area (Å²) in [6.45, 7) is 0. The van der Waals surface area contributed by atoms with E-state index in [0.717, 1.165) is 88.5 Å². The quantitative estimate of drug-likeness (QED) is 0.167. The van der Waals surface area contributed by atoms with Crippen LogP contribution in [-0.2, 0) is 0 Å². The second-order valence-corrected chi connectivity index (χ2v) is 15.7. The first-order valence-corrected chi connectivity index (χ1v) is 20.5. The summed E-state index contributed by atoms with van der Waals surface area (Å²) >= 11 is 0. The molecule has 0 aliphatic rings. The van der Waals surface area contributed by atoms with E-state index in [0.29, 0.717) is 0 Å². The van der Waals surface area contributed by atoms with E-state index >= 15 is 0 Å². The van der Waals surface area contributed by atoms with E-state index < -0.39 is 0 Å². The second-order valence-electron chi connectivity index (χ2n) is 15.7. The highest BCUT2D eigenvalue weighted by atomic mass is 15.0. The van der Waals surface area contributed by atoms with Gasteiger partial charge in [-0.2, -0.15) is 0 Å². The van der Waals surface area contributed by atoms with Gasteiger partial charge in [0.15, 0.2) is 0 Å². The molecule has 0 unspecified atom stereocenters. The fourth-order valence-electron chi connectivity index (χ4n) is 9.87. The summed E-state index contributed by atoms with van der Waals surface area (Å²) in [7, 11) is 0. The monoisotopic (exact) mass is 762 g/mol. The van der Waals surface area contributed by atoms with Crippen LogP contribution in [0, 0.1) is 0 Å². The molecule has 0 atom stereocenters. The van der Waals surface area contributed by atoms with E-state index in [-0.39, 0.29) is 0 Å². The number of fused-ring (bicyclic) bond motifs is 13. The van der Waals surface area contributed by atoms with Gasteiger partial charge in [0, 0.05) is 54.8 Å². The zero-order chi connectivity index (χ0) is 39.3. The van der Waals surface area contributed by atoms with Gasteiger partial charge < -0.3 is 9.13 Å². The molecule has 4 nitrogen and oxygen atoms in total. The summed E-state index contributed by atoms with van der Waals surface area (Å²) in [4.78, 5) is 11.6. The molecule has 0 N–H and O–H groups in total. The smallest absolute Gasteiger partial charge is 0.0979 e. The van der Waals surface area contributed by atoms with Gasteiger partial charge in [0.2, 0.25) is 0 Å². The molecule has 10 aromatic carbocycles. The van der Waals surface area contributed by atoms with Crippen molar-refractivity contribution in [3.05, 3.63) is 206 Å². The zero-order valence-corrected chi connectivity index (χ0v) is 32.4. The van der Waals surface area contributed by atoms with Crippen LogP contribution in [0.5, 0.6) is 0 Å². The topological polar surface area (TPSA) is 35.6 Å². The van der Waals surface area contributed by atoms with Gasteiger partial charge in [-0.15, -0.1) is 0 Å². The van der Waals surface area contributed by atoms with Crippen LogP contribution >= 0.6 is 0 Å². The Bertz CT molecular complexity index is 3660. The number of rotatable bonds is 4. The van der Waals surface area contributed by atoms with Crippen molar-refractivity contribution in [2.45, 2.75) is 0 Å². The Labute approximate surface area is 344 Å². The fourth-order valence-corrected chi connectivity index (χ4v) is 9.87.